The van der Waals surface area contributed by atoms with Gasteiger partial charge >= 0.3 is 0 Å². The van der Waals surface area contributed by atoms with E-state index in [0.29, 0.717) is 6.61 Å². The van der Waals surface area contributed by atoms with Crippen LogP contribution >= 0.6 is 15.9 Å². The molecule has 0 saturated carbocycles. The Hall–Kier alpha value is -0.540. The molecule has 0 amide bonds. The quantitative estimate of drug-likeness (QED) is 0.758. The first-order valence-electron chi connectivity index (χ1n) is 4.32. The second kappa shape index (κ2) is 4.11. The van der Waals surface area contributed by atoms with Gasteiger partial charge in [-0.05, 0) is 6.07 Å². The van der Waals surface area contributed by atoms with E-state index in [-0.39, 0.29) is 6.29 Å². The van der Waals surface area contributed by atoms with Gasteiger partial charge in [0.15, 0.2) is 0 Å². The van der Waals surface area contributed by atoms with Gasteiger partial charge in [-0.1, -0.05) is 34.1 Å². The van der Waals surface area contributed by atoms with Gasteiger partial charge in [-0.15, -0.1) is 0 Å². The van der Waals surface area contributed by atoms with Crippen LogP contribution in [0.3, 0.4) is 0 Å². The molecule has 13 heavy (non-hydrogen) atoms. The minimum absolute atomic E-state index is 0.0880. The zero-order valence-corrected chi connectivity index (χ0v) is 8.79. The third-order valence-corrected chi connectivity index (χ3v) is 2.32. The first kappa shape index (κ1) is 9.03. The van der Waals surface area contributed by atoms with Gasteiger partial charge in [-0.25, -0.2) is 0 Å². The Morgan fingerprint density at radius 3 is 3.08 bits per heavy atom. The fourth-order valence-electron chi connectivity index (χ4n) is 1.42. The maximum atomic E-state index is 5.57. The number of para-hydroxylation sites is 1. The Morgan fingerprint density at radius 2 is 2.31 bits per heavy atom. The first-order valence-corrected chi connectivity index (χ1v) is 5.44. The van der Waals surface area contributed by atoms with E-state index < -0.39 is 0 Å². The van der Waals surface area contributed by atoms with Crippen molar-refractivity contribution in [2.75, 3.05) is 11.9 Å². The van der Waals surface area contributed by atoms with Crippen LogP contribution in [0.5, 0.6) is 5.75 Å². The lowest BCUT2D eigenvalue weighted by atomic mass is 10.2. The summed E-state index contributed by atoms with van der Waals surface area (Å²) in [5, 5.41) is 0.850. The van der Waals surface area contributed by atoms with Crippen molar-refractivity contribution in [3.05, 3.63) is 29.8 Å². The minimum atomic E-state index is -0.0880. The first-order chi connectivity index (χ1) is 6.40. The summed E-state index contributed by atoms with van der Waals surface area (Å²) in [5.41, 5.74) is 1.24. The third-order valence-electron chi connectivity index (χ3n) is 2.00. The van der Waals surface area contributed by atoms with Crippen LogP contribution < -0.4 is 4.74 Å². The van der Waals surface area contributed by atoms with Crippen LogP contribution in [0.1, 0.15) is 5.56 Å². The predicted molar refractivity (Wildman–Crippen MR) is 54.3 cm³/mol. The summed E-state index contributed by atoms with van der Waals surface area (Å²) < 4.78 is 11.0. The van der Waals surface area contributed by atoms with Gasteiger partial charge in [0.2, 0.25) is 6.29 Å². The number of rotatable bonds is 3. The third kappa shape index (κ3) is 2.03. The van der Waals surface area contributed by atoms with Crippen molar-refractivity contribution < 1.29 is 9.47 Å². The molecule has 1 aromatic rings. The number of ether oxygens (including phenoxy) is 2. The van der Waals surface area contributed by atoms with Gasteiger partial charge in [-0.3, -0.25) is 0 Å². The number of halogens is 1. The molecular weight excluding hydrogens is 232 g/mol. The predicted octanol–water partition coefficient (Wildman–Crippen LogP) is 2.36. The number of benzene rings is 1. The fraction of sp³-hybridized carbons (Fsp3) is 0.400. The lowest BCUT2D eigenvalue weighted by Crippen LogP contribution is -2.18. The normalized spacial score (nSPS) is 19.6. The molecule has 0 aromatic heterocycles. The molecule has 0 aliphatic carbocycles. The summed E-state index contributed by atoms with van der Waals surface area (Å²) in [5.74, 6) is 0.960. The van der Waals surface area contributed by atoms with Crippen molar-refractivity contribution in [1.29, 1.82) is 0 Å². The van der Waals surface area contributed by atoms with Gasteiger partial charge < -0.3 is 9.47 Å². The Bertz CT molecular complexity index is 263. The molecule has 1 atom stereocenters. The van der Waals surface area contributed by atoms with E-state index in [0.717, 1.165) is 17.5 Å². The van der Waals surface area contributed by atoms with E-state index in [4.69, 9.17) is 9.47 Å². The molecule has 1 aromatic carbocycles. The highest BCUT2D eigenvalue weighted by Gasteiger charge is 2.22. The lowest BCUT2D eigenvalue weighted by Gasteiger charge is -2.09. The molecule has 0 bridgehead atoms. The van der Waals surface area contributed by atoms with E-state index in [1.165, 1.54) is 5.56 Å². The van der Waals surface area contributed by atoms with Crippen molar-refractivity contribution in [3.8, 4) is 5.75 Å². The highest BCUT2D eigenvalue weighted by atomic mass is 79.9. The second-order valence-corrected chi connectivity index (χ2v) is 3.71. The summed E-state index contributed by atoms with van der Waals surface area (Å²) >= 11 is 3.31. The summed E-state index contributed by atoms with van der Waals surface area (Å²) in [6, 6.07) is 8.06. The molecule has 3 heteroatoms. The van der Waals surface area contributed by atoms with Crippen molar-refractivity contribution in [1.82, 2.24) is 0 Å². The molecule has 0 saturated heterocycles. The van der Waals surface area contributed by atoms with Crippen LogP contribution in [0, 0.1) is 0 Å². The molecule has 1 aliphatic rings. The monoisotopic (exact) mass is 242 g/mol. The Labute approximate surface area is 86.0 Å². The molecule has 1 aliphatic heterocycles. The maximum Gasteiger partial charge on any atom is 0.204 e. The molecule has 2 rings (SSSR count). The summed E-state index contributed by atoms with van der Waals surface area (Å²) in [6.45, 7) is 0.693. The zero-order valence-electron chi connectivity index (χ0n) is 7.20. The largest absolute Gasteiger partial charge is 0.464 e. The Balaban J connectivity index is 1.97. The van der Waals surface area contributed by atoms with Crippen molar-refractivity contribution in [3.63, 3.8) is 0 Å². The van der Waals surface area contributed by atoms with Crippen molar-refractivity contribution >= 4 is 15.9 Å². The summed E-state index contributed by atoms with van der Waals surface area (Å²) in [4.78, 5) is 0. The Kier molecular flexibility index (Phi) is 2.86. The summed E-state index contributed by atoms with van der Waals surface area (Å²) in [6.07, 6.45) is 0.776. The molecule has 1 heterocycles. The van der Waals surface area contributed by atoms with Crippen LogP contribution in [0.2, 0.25) is 0 Å². The second-order valence-electron chi connectivity index (χ2n) is 2.92. The van der Waals surface area contributed by atoms with E-state index in [1.807, 2.05) is 18.2 Å². The van der Waals surface area contributed by atoms with Gasteiger partial charge in [-0.2, -0.15) is 0 Å². The molecule has 1 unspecified atom stereocenters. The van der Waals surface area contributed by atoms with Gasteiger partial charge in [0, 0.05) is 17.3 Å². The highest BCUT2D eigenvalue weighted by Crippen LogP contribution is 2.28. The topological polar surface area (TPSA) is 18.5 Å². The van der Waals surface area contributed by atoms with Gasteiger partial charge in [0.1, 0.15) is 5.75 Å². The average molecular weight is 243 g/mol. The van der Waals surface area contributed by atoms with Crippen LogP contribution in [-0.4, -0.2) is 18.2 Å². The molecule has 70 valence electrons. The van der Waals surface area contributed by atoms with Crippen LogP contribution in [0.15, 0.2) is 24.3 Å². The molecule has 2 nitrogen and oxygen atoms in total. The van der Waals surface area contributed by atoms with Gasteiger partial charge in [0.05, 0.1) is 6.61 Å². The molecule has 0 spiro atoms. The minimum Gasteiger partial charge on any atom is -0.464 e. The highest BCUT2D eigenvalue weighted by molar-refractivity contribution is 9.09. The zero-order chi connectivity index (χ0) is 9.10. The summed E-state index contributed by atoms with van der Waals surface area (Å²) in [7, 11) is 0. The molecule has 0 radical (unpaired) electrons. The molecular formula is C10H11BrO2. The standard InChI is InChI=1S/C10H11BrO2/c11-5-6-12-10-7-8-3-1-2-4-9(8)13-10/h1-4,10H,5-7H2. The van der Waals surface area contributed by atoms with Crippen LogP contribution in [0.4, 0.5) is 0 Å². The number of alkyl halides is 1. The smallest absolute Gasteiger partial charge is 0.204 e. The van der Waals surface area contributed by atoms with E-state index in [1.54, 1.807) is 0 Å². The fourth-order valence-corrected chi connectivity index (χ4v) is 1.61. The molecule has 0 N–H and O–H groups in total. The maximum absolute atomic E-state index is 5.57. The van der Waals surface area contributed by atoms with Crippen molar-refractivity contribution in [2.24, 2.45) is 0 Å². The lowest BCUT2D eigenvalue weighted by molar-refractivity contribution is -0.0588. The average Bonchev–Trinajstić information content (AvgIpc) is 2.57. The van der Waals surface area contributed by atoms with Crippen LogP contribution in [0.25, 0.3) is 0 Å². The number of fused-ring (bicyclic) bond motifs is 1. The SMILES string of the molecule is BrCCOC1Cc2ccccc2O1. The Morgan fingerprint density at radius 1 is 1.46 bits per heavy atom. The molecule has 0 fully saturated rings. The van der Waals surface area contributed by atoms with Crippen LogP contribution in [-0.2, 0) is 11.2 Å². The van der Waals surface area contributed by atoms with E-state index in [2.05, 4.69) is 22.0 Å². The number of hydrogen-bond acceptors (Lipinski definition) is 2. The van der Waals surface area contributed by atoms with E-state index >= 15 is 0 Å². The van der Waals surface area contributed by atoms with E-state index in [9.17, 15) is 0 Å². The van der Waals surface area contributed by atoms with Crippen molar-refractivity contribution in [2.45, 2.75) is 12.7 Å². The number of hydrogen-bond donors (Lipinski definition) is 0. The van der Waals surface area contributed by atoms with Gasteiger partial charge in [0.25, 0.3) is 0 Å².